The fourth-order valence-electron chi connectivity index (χ4n) is 2.38. The van der Waals surface area contributed by atoms with Gasteiger partial charge in [-0.1, -0.05) is 41.9 Å². The van der Waals surface area contributed by atoms with Gasteiger partial charge in [-0.15, -0.1) is 0 Å². The highest BCUT2D eigenvalue weighted by Gasteiger charge is 2.33. The second-order valence-electron chi connectivity index (χ2n) is 5.40. The lowest BCUT2D eigenvalue weighted by Gasteiger charge is -2.09. The van der Waals surface area contributed by atoms with Gasteiger partial charge in [0, 0.05) is 11.1 Å². The molecule has 0 spiro atoms. The van der Waals surface area contributed by atoms with E-state index in [1.165, 1.54) is 24.3 Å². The quantitative estimate of drug-likeness (QED) is 0.693. The third kappa shape index (κ3) is 3.59. The summed E-state index contributed by atoms with van der Waals surface area (Å²) in [5.74, 6) is 0. The lowest BCUT2D eigenvalue weighted by Crippen LogP contribution is -2.11. The first-order valence-corrected chi connectivity index (χ1v) is 9.04. The number of aromatic amines is 1. The van der Waals surface area contributed by atoms with Crippen molar-refractivity contribution in [2.75, 3.05) is 0 Å². The molecule has 3 rings (SSSR count). The standard InChI is InChI=1S/C16H11ClF3N3O2S/c17-15-11(9-4-6-10(7-5-9)26(21,24)25)2-1-3-12(15)13-8-14(23-22-13)16(18,19)20/h1-8H,(H,22,23)(H2,21,24,25). The summed E-state index contributed by atoms with van der Waals surface area (Å²) in [6, 6.07) is 11.4. The molecule has 26 heavy (non-hydrogen) atoms. The fraction of sp³-hybridized carbons (Fsp3) is 0.0625. The van der Waals surface area contributed by atoms with Gasteiger partial charge in [0.1, 0.15) is 5.69 Å². The van der Waals surface area contributed by atoms with Gasteiger partial charge >= 0.3 is 6.18 Å². The number of aromatic nitrogens is 2. The normalized spacial score (nSPS) is 12.3. The van der Waals surface area contributed by atoms with E-state index in [9.17, 15) is 21.6 Å². The van der Waals surface area contributed by atoms with Gasteiger partial charge in [-0.25, -0.2) is 13.6 Å². The summed E-state index contributed by atoms with van der Waals surface area (Å²) in [6.45, 7) is 0. The zero-order valence-electron chi connectivity index (χ0n) is 12.9. The Balaban J connectivity index is 2.04. The number of alkyl halides is 3. The number of rotatable bonds is 3. The lowest BCUT2D eigenvalue weighted by molar-refractivity contribution is -0.141. The van der Waals surface area contributed by atoms with Gasteiger partial charge in [0.25, 0.3) is 0 Å². The van der Waals surface area contributed by atoms with Gasteiger partial charge in [-0.05, 0) is 23.8 Å². The van der Waals surface area contributed by atoms with E-state index in [1.807, 2.05) is 5.10 Å². The molecule has 1 aromatic heterocycles. The van der Waals surface area contributed by atoms with E-state index in [-0.39, 0.29) is 15.6 Å². The first-order valence-electron chi connectivity index (χ1n) is 7.12. The van der Waals surface area contributed by atoms with E-state index in [4.69, 9.17) is 16.7 Å². The number of hydrogen-bond donors (Lipinski definition) is 2. The summed E-state index contributed by atoms with van der Waals surface area (Å²) in [5, 5.41) is 10.9. The summed E-state index contributed by atoms with van der Waals surface area (Å²) in [7, 11) is -3.83. The Hall–Kier alpha value is -2.36. The molecule has 10 heteroatoms. The van der Waals surface area contributed by atoms with Crippen molar-refractivity contribution in [2.45, 2.75) is 11.1 Å². The molecule has 0 atom stereocenters. The second-order valence-corrected chi connectivity index (χ2v) is 7.34. The molecule has 0 saturated heterocycles. The maximum Gasteiger partial charge on any atom is 0.432 e. The van der Waals surface area contributed by atoms with Crippen molar-refractivity contribution >= 4 is 21.6 Å². The summed E-state index contributed by atoms with van der Waals surface area (Å²) in [5.41, 5.74) is 0.473. The predicted molar refractivity (Wildman–Crippen MR) is 90.8 cm³/mol. The Labute approximate surface area is 151 Å². The molecule has 0 saturated carbocycles. The summed E-state index contributed by atoms with van der Waals surface area (Å²) in [6.07, 6.45) is -4.54. The lowest BCUT2D eigenvalue weighted by atomic mass is 10.0. The number of hydrogen-bond acceptors (Lipinski definition) is 3. The maximum atomic E-state index is 12.7. The molecule has 3 N–H and O–H groups in total. The zero-order valence-corrected chi connectivity index (χ0v) is 14.5. The van der Waals surface area contributed by atoms with Crippen LogP contribution in [0.5, 0.6) is 0 Å². The van der Waals surface area contributed by atoms with Crippen LogP contribution in [0.1, 0.15) is 5.69 Å². The number of sulfonamides is 1. The minimum atomic E-state index is -4.54. The number of nitrogens with zero attached hydrogens (tertiary/aromatic N) is 1. The summed E-state index contributed by atoms with van der Waals surface area (Å²) < 4.78 is 60.8. The van der Waals surface area contributed by atoms with E-state index in [0.717, 1.165) is 6.07 Å². The highest BCUT2D eigenvalue weighted by atomic mass is 35.5. The summed E-state index contributed by atoms with van der Waals surface area (Å²) in [4.78, 5) is -0.0596. The average Bonchev–Trinajstić information content (AvgIpc) is 3.04. The minimum Gasteiger partial charge on any atom is -0.273 e. The van der Waals surface area contributed by atoms with Crippen LogP contribution >= 0.6 is 11.6 Å². The largest absolute Gasteiger partial charge is 0.432 e. The number of benzene rings is 2. The Bertz CT molecular complexity index is 1060. The summed E-state index contributed by atoms with van der Waals surface area (Å²) >= 11 is 6.35. The number of nitrogens with two attached hydrogens (primary N) is 1. The number of nitrogens with one attached hydrogen (secondary N) is 1. The van der Waals surface area contributed by atoms with E-state index < -0.39 is 21.9 Å². The number of primary sulfonamides is 1. The van der Waals surface area contributed by atoms with Crippen LogP contribution in [0.3, 0.4) is 0 Å². The van der Waals surface area contributed by atoms with E-state index in [0.29, 0.717) is 16.7 Å². The maximum absolute atomic E-state index is 12.7. The molecule has 0 bridgehead atoms. The van der Waals surface area contributed by atoms with Crippen molar-refractivity contribution in [2.24, 2.45) is 5.14 Å². The Kier molecular flexibility index (Phi) is 4.55. The molecule has 2 aromatic carbocycles. The SMILES string of the molecule is NS(=O)(=O)c1ccc(-c2cccc(-c3cc(C(F)(F)F)[nH]n3)c2Cl)cc1. The molecule has 3 aromatic rings. The van der Waals surface area contributed by atoms with Crippen LogP contribution in [0, 0.1) is 0 Å². The molecular formula is C16H11ClF3N3O2S. The van der Waals surface area contributed by atoms with Gasteiger partial charge in [0.2, 0.25) is 10.0 Å². The van der Waals surface area contributed by atoms with Crippen LogP contribution in [0.25, 0.3) is 22.4 Å². The number of halogens is 4. The topological polar surface area (TPSA) is 88.8 Å². The Morgan fingerprint density at radius 2 is 1.65 bits per heavy atom. The third-order valence-corrected chi connectivity index (χ3v) is 4.99. The molecule has 0 radical (unpaired) electrons. The van der Waals surface area contributed by atoms with Gasteiger partial charge in [0.05, 0.1) is 15.6 Å². The molecule has 0 aliphatic heterocycles. The van der Waals surface area contributed by atoms with Crippen molar-refractivity contribution in [3.05, 3.63) is 59.2 Å². The first-order chi connectivity index (χ1) is 12.1. The molecule has 5 nitrogen and oxygen atoms in total. The van der Waals surface area contributed by atoms with Crippen molar-refractivity contribution in [3.8, 4) is 22.4 Å². The van der Waals surface area contributed by atoms with Crippen LogP contribution < -0.4 is 5.14 Å². The molecule has 1 heterocycles. The Morgan fingerprint density at radius 3 is 2.19 bits per heavy atom. The van der Waals surface area contributed by atoms with E-state index in [2.05, 4.69) is 5.10 Å². The fourth-order valence-corrected chi connectivity index (χ4v) is 3.23. The molecular weight excluding hydrogens is 391 g/mol. The van der Waals surface area contributed by atoms with Gasteiger partial charge in [-0.2, -0.15) is 18.3 Å². The highest BCUT2D eigenvalue weighted by molar-refractivity contribution is 7.89. The van der Waals surface area contributed by atoms with Crippen LogP contribution in [0.15, 0.2) is 53.4 Å². The second kappa shape index (κ2) is 6.42. The monoisotopic (exact) mass is 401 g/mol. The highest BCUT2D eigenvalue weighted by Crippen LogP contribution is 2.37. The zero-order chi connectivity index (χ0) is 19.1. The average molecular weight is 402 g/mol. The molecule has 0 fully saturated rings. The predicted octanol–water partition coefficient (Wildman–Crippen LogP) is 4.06. The van der Waals surface area contributed by atoms with Crippen molar-refractivity contribution in [1.82, 2.24) is 10.2 Å². The molecule has 136 valence electrons. The van der Waals surface area contributed by atoms with Crippen LogP contribution in [-0.4, -0.2) is 18.6 Å². The van der Waals surface area contributed by atoms with Crippen molar-refractivity contribution in [1.29, 1.82) is 0 Å². The smallest absolute Gasteiger partial charge is 0.273 e. The number of H-pyrrole nitrogens is 1. The first kappa shape index (κ1) is 18.4. The molecule has 0 aliphatic rings. The van der Waals surface area contributed by atoms with Crippen molar-refractivity contribution in [3.63, 3.8) is 0 Å². The van der Waals surface area contributed by atoms with Gasteiger partial charge < -0.3 is 0 Å². The van der Waals surface area contributed by atoms with Crippen LogP contribution in [0.2, 0.25) is 5.02 Å². The van der Waals surface area contributed by atoms with Gasteiger partial charge in [0.15, 0.2) is 0 Å². The third-order valence-electron chi connectivity index (χ3n) is 3.65. The van der Waals surface area contributed by atoms with Crippen molar-refractivity contribution < 1.29 is 21.6 Å². The molecule has 0 unspecified atom stereocenters. The van der Waals surface area contributed by atoms with E-state index >= 15 is 0 Å². The molecule has 0 amide bonds. The van der Waals surface area contributed by atoms with Crippen LogP contribution in [0.4, 0.5) is 13.2 Å². The van der Waals surface area contributed by atoms with Crippen LogP contribution in [-0.2, 0) is 16.2 Å². The van der Waals surface area contributed by atoms with Gasteiger partial charge in [-0.3, -0.25) is 5.10 Å². The minimum absolute atomic E-state index is 0.0466. The Morgan fingerprint density at radius 1 is 1.04 bits per heavy atom. The molecule has 0 aliphatic carbocycles. The van der Waals surface area contributed by atoms with E-state index in [1.54, 1.807) is 18.2 Å².